The molecule has 1 N–H and O–H groups in total. The zero-order chi connectivity index (χ0) is 12.4. The van der Waals surface area contributed by atoms with Gasteiger partial charge in [0.05, 0.1) is 22.4 Å². The molecule has 0 saturated carbocycles. The van der Waals surface area contributed by atoms with Crippen molar-refractivity contribution in [2.24, 2.45) is 7.05 Å². The fourth-order valence-corrected chi connectivity index (χ4v) is 2.45. The summed E-state index contributed by atoms with van der Waals surface area (Å²) in [5.41, 5.74) is 2.03. The summed E-state index contributed by atoms with van der Waals surface area (Å²) in [5.74, 6) is 0. The Labute approximate surface area is 114 Å². The lowest BCUT2D eigenvalue weighted by Crippen LogP contribution is -2.11. The summed E-state index contributed by atoms with van der Waals surface area (Å²) in [4.78, 5) is 0. The van der Waals surface area contributed by atoms with Gasteiger partial charge in [0.15, 0.2) is 0 Å². The summed E-state index contributed by atoms with van der Waals surface area (Å²) in [5, 5.41) is 8.22. The van der Waals surface area contributed by atoms with E-state index in [1.54, 1.807) is 6.20 Å². The molecule has 1 aromatic carbocycles. The number of halogens is 2. The van der Waals surface area contributed by atoms with Crippen molar-refractivity contribution >= 4 is 33.2 Å². The topological polar surface area (TPSA) is 29.9 Å². The molecule has 0 saturated heterocycles. The molecule has 3 nitrogen and oxygen atoms in total. The average Bonchev–Trinajstić information content (AvgIpc) is 2.68. The van der Waals surface area contributed by atoms with E-state index >= 15 is 0 Å². The van der Waals surface area contributed by atoms with Gasteiger partial charge >= 0.3 is 0 Å². The first-order valence-corrected chi connectivity index (χ1v) is 6.44. The van der Waals surface area contributed by atoms with E-state index in [4.69, 9.17) is 11.6 Å². The van der Waals surface area contributed by atoms with Gasteiger partial charge in [0.1, 0.15) is 0 Å². The van der Waals surface area contributed by atoms with Crippen molar-refractivity contribution in [2.75, 3.05) is 5.32 Å². The predicted molar refractivity (Wildman–Crippen MR) is 74.4 cm³/mol. The normalized spacial score (nSPS) is 12.5. The molecule has 0 fully saturated rings. The monoisotopic (exact) mass is 313 g/mol. The van der Waals surface area contributed by atoms with Gasteiger partial charge in [0.25, 0.3) is 0 Å². The number of anilines is 1. The van der Waals surface area contributed by atoms with E-state index in [0.717, 1.165) is 15.9 Å². The van der Waals surface area contributed by atoms with Gasteiger partial charge in [0, 0.05) is 17.7 Å². The van der Waals surface area contributed by atoms with E-state index in [1.165, 1.54) is 0 Å². The highest BCUT2D eigenvalue weighted by Crippen LogP contribution is 2.28. The third-order valence-electron chi connectivity index (χ3n) is 2.61. The molecule has 0 aliphatic rings. The molecule has 0 spiro atoms. The van der Waals surface area contributed by atoms with Crippen LogP contribution in [0, 0.1) is 0 Å². The number of aryl methyl sites for hydroxylation is 1. The van der Waals surface area contributed by atoms with Crippen LogP contribution < -0.4 is 5.32 Å². The van der Waals surface area contributed by atoms with Gasteiger partial charge < -0.3 is 5.32 Å². The smallest absolute Gasteiger partial charge is 0.0654 e. The van der Waals surface area contributed by atoms with E-state index in [1.807, 2.05) is 36.0 Å². The largest absolute Gasteiger partial charge is 0.376 e. The Morgan fingerprint density at radius 3 is 2.76 bits per heavy atom. The van der Waals surface area contributed by atoms with Crippen molar-refractivity contribution < 1.29 is 0 Å². The van der Waals surface area contributed by atoms with Crippen LogP contribution in [-0.2, 0) is 7.05 Å². The maximum atomic E-state index is 6.16. The van der Waals surface area contributed by atoms with E-state index in [0.29, 0.717) is 5.02 Å². The summed E-state index contributed by atoms with van der Waals surface area (Å²) in [6, 6.07) is 7.94. The Hall–Kier alpha value is -1.00. The summed E-state index contributed by atoms with van der Waals surface area (Å²) >= 11 is 9.55. The summed E-state index contributed by atoms with van der Waals surface area (Å²) in [7, 11) is 1.93. The number of nitrogens with one attached hydrogen (secondary N) is 1. The van der Waals surface area contributed by atoms with Crippen LogP contribution in [-0.4, -0.2) is 9.78 Å². The summed E-state index contributed by atoms with van der Waals surface area (Å²) in [6.45, 7) is 2.08. The van der Waals surface area contributed by atoms with Crippen molar-refractivity contribution in [3.05, 3.63) is 45.7 Å². The summed E-state index contributed by atoms with van der Waals surface area (Å²) in [6.07, 6.45) is 1.79. The van der Waals surface area contributed by atoms with E-state index in [2.05, 4.69) is 33.3 Å². The SMILES string of the molecule is CC(Nc1ccc(Br)cc1Cl)c1ccnn1C. The molecule has 0 aliphatic heterocycles. The molecule has 1 atom stereocenters. The minimum absolute atomic E-state index is 0.154. The maximum absolute atomic E-state index is 6.16. The highest BCUT2D eigenvalue weighted by Gasteiger charge is 2.10. The first-order chi connectivity index (χ1) is 8.08. The van der Waals surface area contributed by atoms with Gasteiger partial charge in [-0.25, -0.2) is 0 Å². The first-order valence-electron chi connectivity index (χ1n) is 5.27. The fraction of sp³-hybridized carbons (Fsp3) is 0.250. The van der Waals surface area contributed by atoms with E-state index < -0.39 is 0 Å². The van der Waals surface area contributed by atoms with Crippen molar-refractivity contribution in [3.8, 4) is 0 Å². The second kappa shape index (κ2) is 5.10. The van der Waals surface area contributed by atoms with Gasteiger partial charge in [-0.1, -0.05) is 27.5 Å². The van der Waals surface area contributed by atoms with Crippen molar-refractivity contribution in [1.82, 2.24) is 9.78 Å². The number of rotatable bonds is 3. The molecule has 17 heavy (non-hydrogen) atoms. The standard InChI is InChI=1S/C12H13BrClN3/c1-8(12-5-6-15-17(12)2)16-11-4-3-9(13)7-10(11)14/h3-8,16H,1-2H3. The maximum Gasteiger partial charge on any atom is 0.0654 e. The van der Waals surface area contributed by atoms with Gasteiger partial charge in [-0.3, -0.25) is 4.68 Å². The van der Waals surface area contributed by atoms with Gasteiger partial charge in [-0.05, 0) is 31.2 Å². The Kier molecular flexibility index (Phi) is 3.74. The molecule has 1 unspecified atom stereocenters. The zero-order valence-electron chi connectivity index (χ0n) is 9.61. The van der Waals surface area contributed by atoms with E-state index in [9.17, 15) is 0 Å². The Bertz CT molecular complexity index is 524. The van der Waals surface area contributed by atoms with Crippen LogP contribution in [0.25, 0.3) is 0 Å². The first kappa shape index (κ1) is 12.5. The molecule has 2 rings (SSSR count). The van der Waals surface area contributed by atoms with Crippen molar-refractivity contribution in [1.29, 1.82) is 0 Å². The Morgan fingerprint density at radius 1 is 1.41 bits per heavy atom. The fourth-order valence-electron chi connectivity index (χ4n) is 1.72. The molecule has 0 bridgehead atoms. The molecule has 5 heteroatoms. The number of hydrogen-bond donors (Lipinski definition) is 1. The molecule has 90 valence electrons. The molecule has 0 aliphatic carbocycles. The number of benzene rings is 1. The number of hydrogen-bond acceptors (Lipinski definition) is 2. The quantitative estimate of drug-likeness (QED) is 0.927. The molecule has 1 heterocycles. The van der Waals surface area contributed by atoms with Gasteiger partial charge in [0.2, 0.25) is 0 Å². The second-order valence-electron chi connectivity index (χ2n) is 3.87. The minimum atomic E-state index is 0.154. The lowest BCUT2D eigenvalue weighted by molar-refractivity contribution is 0.676. The molecule has 0 amide bonds. The second-order valence-corrected chi connectivity index (χ2v) is 5.19. The molecular formula is C12H13BrClN3. The van der Waals surface area contributed by atoms with Crippen LogP contribution in [0.1, 0.15) is 18.7 Å². The number of nitrogens with zero attached hydrogens (tertiary/aromatic N) is 2. The van der Waals surface area contributed by atoms with Crippen LogP contribution in [0.2, 0.25) is 5.02 Å². The van der Waals surface area contributed by atoms with Gasteiger partial charge in [-0.2, -0.15) is 5.10 Å². The summed E-state index contributed by atoms with van der Waals surface area (Å²) < 4.78 is 2.82. The highest BCUT2D eigenvalue weighted by molar-refractivity contribution is 9.10. The van der Waals surface area contributed by atoms with Crippen LogP contribution in [0.3, 0.4) is 0 Å². The van der Waals surface area contributed by atoms with Gasteiger partial charge in [-0.15, -0.1) is 0 Å². The zero-order valence-corrected chi connectivity index (χ0v) is 12.0. The lowest BCUT2D eigenvalue weighted by Gasteiger charge is -2.16. The average molecular weight is 315 g/mol. The van der Waals surface area contributed by atoms with Crippen LogP contribution in [0.5, 0.6) is 0 Å². The molecule has 1 aromatic heterocycles. The van der Waals surface area contributed by atoms with E-state index in [-0.39, 0.29) is 6.04 Å². The Balaban J connectivity index is 2.19. The Morgan fingerprint density at radius 2 is 2.18 bits per heavy atom. The molecular weight excluding hydrogens is 302 g/mol. The lowest BCUT2D eigenvalue weighted by atomic mass is 10.2. The molecule has 0 radical (unpaired) electrons. The van der Waals surface area contributed by atoms with Crippen LogP contribution in [0.4, 0.5) is 5.69 Å². The van der Waals surface area contributed by atoms with Crippen LogP contribution >= 0.6 is 27.5 Å². The number of aromatic nitrogens is 2. The highest BCUT2D eigenvalue weighted by atomic mass is 79.9. The third-order valence-corrected chi connectivity index (χ3v) is 3.41. The minimum Gasteiger partial charge on any atom is -0.376 e. The third kappa shape index (κ3) is 2.82. The van der Waals surface area contributed by atoms with Crippen molar-refractivity contribution in [2.45, 2.75) is 13.0 Å². The molecule has 2 aromatic rings. The predicted octanol–water partition coefficient (Wildman–Crippen LogP) is 4.01. The van der Waals surface area contributed by atoms with Crippen molar-refractivity contribution in [3.63, 3.8) is 0 Å². The van der Waals surface area contributed by atoms with Crippen LogP contribution in [0.15, 0.2) is 34.9 Å².